The van der Waals surface area contributed by atoms with Gasteiger partial charge in [-0.15, -0.1) is 0 Å². The molecule has 1 heterocycles. The zero-order valence-corrected chi connectivity index (χ0v) is 13.1. The highest BCUT2D eigenvalue weighted by Gasteiger charge is 2.29. The number of halogens is 1. The van der Waals surface area contributed by atoms with Crippen LogP contribution >= 0.6 is 11.6 Å². The molecule has 2 amide bonds. The monoisotopic (exact) mass is 309 g/mol. The summed E-state index contributed by atoms with van der Waals surface area (Å²) in [5.41, 5.74) is 6.61. The summed E-state index contributed by atoms with van der Waals surface area (Å²) < 4.78 is 0. The highest BCUT2D eigenvalue weighted by atomic mass is 35.5. The number of nitrogens with two attached hydrogens (primary N) is 1. The molecular weight excluding hydrogens is 290 g/mol. The molecule has 21 heavy (non-hydrogen) atoms. The number of amides is 2. The van der Waals surface area contributed by atoms with Crippen molar-refractivity contribution in [2.45, 2.75) is 12.8 Å². The summed E-state index contributed by atoms with van der Waals surface area (Å²) in [5, 5.41) is 0.388. The molecule has 1 saturated heterocycles. The first-order chi connectivity index (χ1) is 9.91. The molecule has 1 aliphatic heterocycles. The van der Waals surface area contributed by atoms with Crippen LogP contribution in [0.3, 0.4) is 0 Å². The van der Waals surface area contributed by atoms with Crippen LogP contribution in [0.5, 0.6) is 0 Å². The van der Waals surface area contributed by atoms with E-state index in [0.29, 0.717) is 42.2 Å². The van der Waals surface area contributed by atoms with Crippen LogP contribution in [0.15, 0.2) is 18.2 Å². The van der Waals surface area contributed by atoms with Gasteiger partial charge < -0.3 is 15.5 Å². The van der Waals surface area contributed by atoms with Crippen molar-refractivity contribution in [1.29, 1.82) is 0 Å². The van der Waals surface area contributed by atoms with Gasteiger partial charge in [0.15, 0.2) is 0 Å². The number of rotatable bonds is 2. The maximum Gasteiger partial charge on any atom is 0.255 e. The molecule has 0 aliphatic carbocycles. The Hall–Kier alpha value is -1.75. The van der Waals surface area contributed by atoms with Gasteiger partial charge in [-0.25, -0.2) is 0 Å². The van der Waals surface area contributed by atoms with Gasteiger partial charge in [0.1, 0.15) is 0 Å². The van der Waals surface area contributed by atoms with Crippen molar-refractivity contribution in [3.8, 4) is 0 Å². The fourth-order valence-corrected chi connectivity index (χ4v) is 2.76. The largest absolute Gasteiger partial charge is 0.397 e. The molecule has 1 aromatic rings. The molecule has 1 fully saturated rings. The van der Waals surface area contributed by atoms with E-state index in [9.17, 15) is 9.59 Å². The van der Waals surface area contributed by atoms with E-state index in [4.69, 9.17) is 17.3 Å². The predicted octanol–water partition coefficient (Wildman–Crippen LogP) is 1.86. The van der Waals surface area contributed by atoms with Gasteiger partial charge in [0, 0.05) is 33.1 Å². The normalized spacial score (nSPS) is 15.9. The number of carbonyl (C=O) groups is 2. The van der Waals surface area contributed by atoms with E-state index in [-0.39, 0.29) is 17.7 Å². The molecule has 0 aromatic heterocycles. The first-order valence-corrected chi connectivity index (χ1v) is 7.34. The summed E-state index contributed by atoms with van der Waals surface area (Å²) in [6.45, 7) is 1.13. The molecular formula is C15H20ClN3O2. The highest BCUT2D eigenvalue weighted by Crippen LogP contribution is 2.26. The number of hydrogen-bond donors (Lipinski definition) is 1. The van der Waals surface area contributed by atoms with Crippen LogP contribution in [0, 0.1) is 5.92 Å². The lowest BCUT2D eigenvalue weighted by molar-refractivity contribution is -0.134. The van der Waals surface area contributed by atoms with Crippen molar-refractivity contribution < 1.29 is 9.59 Å². The molecule has 1 aliphatic rings. The number of nitrogens with zero attached hydrogens (tertiary/aromatic N) is 2. The fraction of sp³-hybridized carbons (Fsp3) is 0.467. The van der Waals surface area contributed by atoms with Crippen molar-refractivity contribution in [3.63, 3.8) is 0 Å². The lowest BCUT2D eigenvalue weighted by Gasteiger charge is -2.32. The minimum absolute atomic E-state index is 0.000702. The van der Waals surface area contributed by atoms with Crippen molar-refractivity contribution in [2.24, 2.45) is 5.92 Å². The molecule has 6 heteroatoms. The Morgan fingerprint density at radius 3 is 2.48 bits per heavy atom. The Balaban J connectivity index is 2.04. The topological polar surface area (TPSA) is 66.6 Å². The number of para-hydroxylation sites is 1. The van der Waals surface area contributed by atoms with Crippen LogP contribution in [-0.4, -0.2) is 48.8 Å². The van der Waals surface area contributed by atoms with Crippen LogP contribution < -0.4 is 5.73 Å². The number of benzene rings is 1. The molecule has 0 bridgehead atoms. The lowest BCUT2D eigenvalue weighted by atomic mass is 9.95. The van der Waals surface area contributed by atoms with Crippen molar-refractivity contribution in [1.82, 2.24) is 9.80 Å². The average Bonchev–Trinajstić information content (AvgIpc) is 2.48. The molecule has 0 radical (unpaired) electrons. The van der Waals surface area contributed by atoms with Crippen molar-refractivity contribution in [3.05, 3.63) is 28.8 Å². The van der Waals surface area contributed by atoms with Gasteiger partial charge in [-0.05, 0) is 25.0 Å². The number of nitrogen functional groups attached to an aromatic ring is 1. The van der Waals surface area contributed by atoms with Crippen LogP contribution in [0.4, 0.5) is 5.69 Å². The second-order valence-corrected chi connectivity index (χ2v) is 5.91. The van der Waals surface area contributed by atoms with Crippen LogP contribution in [0.25, 0.3) is 0 Å². The zero-order chi connectivity index (χ0) is 15.6. The number of hydrogen-bond acceptors (Lipinski definition) is 3. The number of anilines is 1. The van der Waals surface area contributed by atoms with E-state index in [1.54, 1.807) is 42.1 Å². The second-order valence-electron chi connectivity index (χ2n) is 5.50. The lowest BCUT2D eigenvalue weighted by Crippen LogP contribution is -2.42. The fourth-order valence-electron chi connectivity index (χ4n) is 2.59. The standard InChI is InChI=1S/C15H20ClN3O2/c1-18(2)14(20)10-6-8-19(9-7-10)15(21)11-4-3-5-12(16)13(11)17/h3-5,10H,6-9,17H2,1-2H3. The Bertz CT molecular complexity index is 552. The van der Waals surface area contributed by atoms with E-state index < -0.39 is 0 Å². The van der Waals surface area contributed by atoms with Crippen molar-refractivity contribution >= 4 is 29.1 Å². The van der Waals surface area contributed by atoms with E-state index in [2.05, 4.69) is 0 Å². The minimum Gasteiger partial charge on any atom is -0.397 e. The Morgan fingerprint density at radius 1 is 1.29 bits per heavy atom. The third-order valence-electron chi connectivity index (χ3n) is 3.86. The van der Waals surface area contributed by atoms with Gasteiger partial charge in [-0.1, -0.05) is 17.7 Å². The molecule has 114 valence electrons. The molecule has 1 aromatic carbocycles. The Labute approximate surface area is 129 Å². The van der Waals surface area contributed by atoms with E-state index >= 15 is 0 Å². The van der Waals surface area contributed by atoms with Crippen LogP contribution in [0.1, 0.15) is 23.2 Å². The van der Waals surface area contributed by atoms with Gasteiger partial charge >= 0.3 is 0 Å². The van der Waals surface area contributed by atoms with Gasteiger partial charge in [0.2, 0.25) is 5.91 Å². The quantitative estimate of drug-likeness (QED) is 0.848. The first kappa shape index (κ1) is 15.6. The Kier molecular flexibility index (Phi) is 4.73. The molecule has 0 saturated carbocycles. The molecule has 0 spiro atoms. The van der Waals surface area contributed by atoms with Crippen molar-refractivity contribution in [2.75, 3.05) is 32.9 Å². The van der Waals surface area contributed by atoms with Gasteiger partial charge in [0.25, 0.3) is 5.91 Å². The maximum absolute atomic E-state index is 12.5. The van der Waals surface area contributed by atoms with Gasteiger partial charge in [0.05, 0.1) is 16.3 Å². The summed E-state index contributed by atoms with van der Waals surface area (Å²) >= 11 is 5.95. The number of piperidine rings is 1. The molecule has 0 unspecified atom stereocenters. The smallest absolute Gasteiger partial charge is 0.255 e. The first-order valence-electron chi connectivity index (χ1n) is 6.96. The van der Waals surface area contributed by atoms with E-state index in [1.807, 2.05) is 0 Å². The summed E-state index contributed by atoms with van der Waals surface area (Å²) in [6, 6.07) is 5.06. The summed E-state index contributed by atoms with van der Waals surface area (Å²) in [6.07, 6.45) is 1.37. The highest BCUT2D eigenvalue weighted by molar-refractivity contribution is 6.33. The molecule has 0 atom stereocenters. The average molecular weight is 310 g/mol. The van der Waals surface area contributed by atoms with E-state index in [0.717, 1.165) is 0 Å². The third kappa shape index (κ3) is 3.29. The zero-order valence-electron chi connectivity index (χ0n) is 12.3. The van der Waals surface area contributed by atoms with Gasteiger partial charge in [-0.3, -0.25) is 9.59 Å². The summed E-state index contributed by atoms with van der Waals surface area (Å²) in [5.74, 6) is 0.0101. The SMILES string of the molecule is CN(C)C(=O)C1CCN(C(=O)c2cccc(Cl)c2N)CC1. The molecule has 2 rings (SSSR count). The summed E-state index contributed by atoms with van der Waals surface area (Å²) in [7, 11) is 3.51. The van der Waals surface area contributed by atoms with E-state index in [1.165, 1.54) is 0 Å². The number of carbonyl (C=O) groups excluding carboxylic acids is 2. The van der Waals surface area contributed by atoms with Crippen LogP contribution in [-0.2, 0) is 4.79 Å². The predicted molar refractivity (Wildman–Crippen MR) is 83.2 cm³/mol. The maximum atomic E-state index is 12.5. The summed E-state index contributed by atoms with van der Waals surface area (Å²) in [4.78, 5) is 27.7. The molecule has 2 N–H and O–H groups in total. The minimum atomic E-state index is -0.120. The molecule has 5 nitrogen and oxygen atoms in total. The number of likely N-dealkylation sites (tertiary alicyclic amines) is 1. The van der Waals surface area contributed by atoms with Crippen LogP contribution in [0.2, 0.25) is 5.02 Å². The van der Waals surface area contributed by atoms with Gasteiger partial charge in [-0.2, -0.15) is 0 Å². The second kappa shape index (κ2) is 6.35. The third-order valence-corrected chi connectivity index (χ3v) is 4.19. The Morgan fingerprint density at radius 2 is 1.90 bits per heavy atom.